The number of likely N-dealkylation sites (N-methyl/N-ethyl adjacent to an activating group) is 1. The van der Waals surface area contributed by atoms with Gasteiger partial charge in [-0.1, -0.05) is 51.1 Å². The normalized spacial score (nSPS) is 22.5. The number of fused-ring (bicyclic) bond motifs is 1. The van der Waals surface area contributed by atoms with Crippen molar-refractivity contribution in [2.24, 2.45) is 17.8 Å². The number of guanidine groups is 1. The maximum Gasteiger partial charge on any atom is 0.239 e. The maximum absolute atomic E-state index is 13.4. The highest BCUT2D eigenvalue weighted by Crippen LogP contribution is 2.44. The van der Waals surface area contributed by atoms with Gasteiger partial charge in [0.05, 0.1) is 17.6 Å². The van der Waals surface area contributed by atoms with Crippen LogP contribution in [0, 0.1) is 0 Å². The maximum atomic E-state index is 13.4. The largest absolute Gasteiger partial charge is 0.369 e. The van der Waals surface area contributed by atoms with Crippen LogP contribution < -0.4 is 5.73 Å². The van der Waals surface area contributed by atoms with Crippen LogP contribution in [0.4, 0.5) is 0 Å². The second kappa shape index (κ2) is 6.69. The number of carbonyl (C=O) groups is 1. The second-order valence-corrected chi connectivity index (χ2v) is 9.36. The van der Waals surface area contributed by atoms with Gasteiger partial charge in [-0.25, -0.2) is 4.99 Å². The lowest BCUT2D eigenvalue weighted by Crippen LogP contribution is -2.52. The van der Waals surface area contributed by atoms with Crippen LogP contribution in [0.15, 0.2) is 53.7 Å². The molecule has 0 radical (unpaired) electrons. The average molecular weight is 404 g/mol. The molecule has 2 aromatic carbocycles. The van der Waals surface area contributed by atoms with E-state index in [1.807, 2.05) is 37.0 Å². The molecule has 0 saturated heterocycles. The molecule has 0 bridgehead atoms. The van der Waals surface area contributed by atoms with Gasteiger partial charge in [0.2, 0.25) is 5.91 Å². The van der Waals surface area contributed by atoms with Crippen molar-refractivity contribution in [1.29, 1.82) is 0 Å². The minimum atomic E-state index is -0.818. The van der Waals surface area contributed by atoms with E-state index in [4.69, 9.17) is 10.7 Å². The third-order valence-corrected chi connectivity index (χ3v) is 6.27. The summed E-state index contributed by atoms with van der Waals surface area (Å²) in [5.74, 6) is -0.297. The van der Waals surface area contributed by atoms with Crippen molar-refractivity contribution in [3.05, 3.63) is 65.4 Å². The van der Waals surface area contributed by atoms with Crippen molar-refractivity contribution in [3.63, 3.8) is 0 Å². The number of nitrogens with two attached hydrogens (primary N) is 1. The van der Waals surface area contributed by atoms with E-state index in [0.29, 0.717) is 0 Å². The molecule has 0 fully saturated rings. The molecule has 3 aromatic rings. The summed E-state index contributed by atoms with van der Waals surface area (Å²) in [5.41, 5.74) is 9.52. The summed E-state index contributed by atoms with van der Waals surface area (Å²) in [4.78, 5) is 19.7. The summed E-state index contributed by atoms with van der Waals surface area (Å²) >= 11 is 0. The van der Waals surface area contributed by atoms with E-state index in [1.165, 1.54) is 10.5 Å². The zero-order valence-electron chi connectivity index (χ0n) is 18.5. The van der Waals surface area contributed by atoms with E-state index < -0.39 is 11.5 Å². The van der Waals surface area contributed by atoms with Crippen LogP contribution in [0.25, 0.3) is 10.9 Å². The number of hydrogen-bond donors (Lipinski definition) is 1. The highest BCUT2D eigenvalue weighted by Gasteiger charge is 2.47. The predicted octanol–water partition coefficient (Wildman–Crippen LogP) is 3.66. The first-order valence-corrected chi connectivity index (χ1v) is 10.2. The van der Waals surface area contributed by atoms with Gasteiger partial charge >= 0.3 is 0 Å². The molecule has 1 amide bonds. The van der Waals surface area contributed by atoms with Gasteiger partial charge in [-0.05, 0) is 41.2 Å². The standard InChI is InChI=1S/C24H29N5O/c1-23(2,3)17-9-7-15(8-10-17)20-21(30)28(5)22(25)27-24(20,4)18-11-12-19-16(13-18)14-26-29(19)6/h7-14,20H,1-6H3,(H2,25,27)/t20?,24-/m1/s1. The van der Waals surface area contributed by atoms with Crippen molar-refractivity contribution in [1.82, 2.24) is 14.7 Å². The molecule has 0 aliphatic carbocycles. The molecule has 1 aliphatic heterocycles. The van der Waals surface area contributed by atoms with Gasteiger partial charge in [-0.2, -0.15) is 5.10 Å². The summed E-state index contributed by atoms with van der Waals surface area (Å²) in [6.07, 6.45) is 1.83. The van der Waals surface area contributed by atoms with Gasteiger partial charge in [0.15, 0.2) is 5.96 Å². The lowest BCUT2D eigenvalue weighted by atomic mass is 9.73. The van der Waals surface area contributed by atoms with Crippen molar-refractivity contribution in [2.45, 2.75) is 44.6 Å². The van der Waals surface area contributed by atoms with Crippen LogP contribution in [0.1, 0.15) is 50.3 Å². The molecule has 6 heteroatoms. The van der Waals surface area contributed by atoms with E-state index in [0.717, 1.165) is 22.0 Å². The third kappa shape index (κ3) is 3.07. The fourth-order valence-electron chi connectivity index (χ4n) is 4.28. The summed E-state index contributed by atoms with van der Waals surface area (Å²) < 4.78 is 1.83. The van der Waals surface area contributed by atoms with Crippen LogP contribution in [0.2, 0.25) is 0 Å². The van der Waals surface area contributed by atoms with E-state index in [9.17, 15) is 4.79 Å². The molecular formula is C24H29N5O. The van der Waals surface area contributed by atoms with Gasteiger partial charge in [0.25, 0.3) is 0 Å². The first-order chi connectivity index (χ1) is 14.0. The molecule has 2 atom stereocenters. The molecule has 0 spiro atoms. The third-order valence-electron chi connectivity index (χ3n) is 6.27. The minimum Gasteiger partial charge on any atom is -0.369 e. The number of benzene rings is 2. The Kier molecular flexibility index (Phi) is 4.49. The molecule has 156 valence electrons. The Morgan fingerprint density at radius 2 is 1.73 bits per heavy atom. The van der Waals surface area contributed by atoms with Crippen molar-refractivity contribution < 1.29 is 4.79 Å². The Labute approximate surface area is 177 Å². The molecule has 2 heterocycles. The SMILES string of the molecule is CN1C(=O)C(c2ccc(C(C)(C)C)cc2)[C@@](C)(c2ccc3c(cnn3C)c2)N=C1N. The number of aromatic nitrogens is 2. The molecule has 4 rings (SSSR count). The average Bonchev–Trinajstić information content (AvgIpc) is 3.06. The van der Waals surface area contributed by atoms with E-state index >= 15 is 0 Å². The van der Waals surface area contributed by atoms with Crippen molar-refractivity contribution in [2.75, 3.05) is 7.05 Å². The van der Waals surface area contributed by atoms with Crippen molar-refractivity contribution in [3.8, 4) is 0 Å². The topological polar surface area (TPSA) is 76.5 Å². The Morgan fingerprint density at radius 3 is 2.37 bits per heavy atom. The van der Waals surface area contributed by atoms with E-state index in [-0.39, 0.29) is 17.3 Å². The zero-order valence-corrected chi connectivity index (χ0v) is 18.5. The molecule has 2 N–H and O–H groups in total. The van der Waals surface area contributed by atoms with E-state index in [1.54, 1.807) is 7.05 Å². The highest BCUT2D eigenvalue weighted by molar-refractivity contribution is 6.02. The number of hydrogen-bond acceptors (Lipinski definition) is 4. The molecule has 30 heavy (non-hydrogen) atoms. The lowest BCUT2D eigenvalue weighted by Gasteiger charge is -2.41. The van der Waals surface area contributed by atoms with Crippen LogP contribution in [-0.2, 0) is 22.8 Å². The van der Waals surface area contributed by atoms with Crippen LogP contribution in [-0.4, -0.2) is 33.6 Å². The van der Waals surface area contributed by atoms with Crippen LogP contribution in [0.5, 0.6) is 0 Å². The van der Waals surface area contributed by atoms with Gasteiger partial charge in [0.1, 0.15) is 5.54 Å². The first-order valence-electron chi connectivity index (χ1n) is 10.2. The van der Waals surface area contributed by atoms with Gasteiger partial charge in [0, 0.05) is 19.5 Å². The van der Waals surface area contributed by atoms with Gasteiger partial charge in [-0.15, -0.1) is 0 Å². The van der Waals surface area contributed by atoms with Crippen LogP contribution >= 0.6 is 0 Å². The highest BCUT2D eigenvalue weighted by atomic mass is 16.2. The smallest absolute Gasteiger partial charge is 0.239 e. The minimum absolute atomic E-state index is 0.0448. The fraction of sp³-hybridized carbons (Fsp3) is 0.375. The Morgan fingerprint density at radius 1 is 1.07 bits per heavy atom. The Bertz CT molecular complexity index is 1150. The fourth-order valence-corrected chi connectivity index (χ4v) is 4.28. The summed E-state index contributed by atoms with van der Waals surface area (Å²) in [7, 11) is 3.60. The summed E-state index contributed by atoms with van der Waals surface area (Å²) in [6.45, 7) is 8.53. The first kappa shape index (κ1) is 20.1. The van der Waals surface area contributed by atoms with E-state index in [2.05, 4.69) is 56.2 Å². The predicted molar refractivity (Wildman–Crippen MR) is 120 cm³/mol. The second-order valence-electron chi connectivity index (χ2n) is 9.36. The monoisotopic (exact) mass is 403 g/mol. The lowest BCUT2D eigenvalue weighted by molar-refractivity contribution is -0.130. The number of amides is 1. The van der Waals surface area contributed by atoms with Crippen molar-refractivity contribution >= 4 is 22.8 Å². The molecule has 0 saturated carbocycles. The number of nitrogens with zero attached hydrogens (tertiary/aromatic N) is 4. The van der Waals surface area contributed by atoms with Gasteiger partial charge < -0.3 is 5.73 Å². The molecular weight excluding hydrogens is 374 g/mol. The quantitative estimate of drug-likeness (QED) is 0.709. The molecule has 1 aromatic heterocycles. The molecule has 6 nitrogen and oxygen atoms in total. The molecule has 1 unspecified atom stereocenters. The number of rotatable bonds is 2. The zero-order chi connectivity index (χ0) is 21.8. The van der Waals surface area contributed by atoms with Gasteiger partial charge in [-0.3, -0.25) is 14.4 Å². The Balaban J connectivity index is 1.88. The summed E-state index contributed by atoms with van der Waals surface area (Å²) in [6, 6.07) is 14.4. The number of aryl methyl sites for hydroxylation is 1. The Hall–Kier alpha value is -3.15. The number of carbonyl (C=O) groups excluding carboxylic acids is 1. The number of aliphatic imine (C=N–C) groups is 1. The summed E-state index contributed by atoms with van der Waals surface area (Å²) in [5, 5.41) is 5.35. The molecule has 1 aliphatic rings. The van der Waals surface area contributed by atoms with Crippen LogP contribution in [0.3, 0.4) is 0 Å².